The molecule has 0 heterocycles. The minimum Gasteiger partial charge on any atom is -0.493 e. The number of carbonyl (C=O) groups excluding carboxylic acids is 1. The molecule has 0 aliphatic carbocycles. The Kier molecular flexibility index (Phi) is 7.31. The van der Waals surface area contributed by atoms with Gasteiger partial charge in [-0.1, -0.05) is 22.9 Å². The van der Waals surface area contributed by atoms with Crippen LogP contribution in [0.5, 0.6) is 11.5 Å². The second kappa shape index (κ2) is 9.68. The van der Waals surface area contributed by atoms with Crippen LogP contribution in [0, 0.1) is 13.8 Å². The van der Waals surface area contributed by atoms with Gasteiger partial charge in [-0.25, -0.2) is 0 Å². The van der Waals surface area contributed by atoms with E-state index < -0.39 is 12.7 Å². The number of oxime groups is 1. The molecule has 0 aliphatic heterocycles. The maximum absolute atomic E-state index is 12.3. The summed E-state index contributed by atoms with van der Waals surface area (Å²) >= 11 is 0. The zero-order valence-corrected chi connectivity index (χ0v) is 16.0. The van der Waals surface area contributed by atoms with Gasteiger partial charge in [0.25, 0.3) is 5.91 Å². The van der Waals surface area contributed by atoms with Crippen LogP contribution in [0.3, 0.4) is 0 Å². The van der Waals surface area contributed by atoms with Crippen molar-refractivity contribution in [3.05, 3.63) is 53.1 Å². The highest BCUT2D eigenvalue weighted by molar-refractivity contribution is 5.94. The molecule has 0 saturated carbocycles. The highest BCUT2D eigenvalue weighted by Crippen LogP contribution is 2.29. The monoisotopic (exact) mass is 392 g/mol. The first-order chi connectivity index (χ1) is 13.3. The van der Waals surface area contributed by atoms with Crippen molar-refractivity contribution in [3.63, 3.8) is 0 Å². The van der Waals surface area contributed by atoms with Crippen molar-refractivity contribution in [2.75, 3.05) is 12.4 Å². The van der Waals surface area contributed by atoms with Gasteiger partial charge in [0.2, 0.25) is 6.10 Å². The second-order valence-electron chi connectivity index (χ2n) is 6.08. The zero-order valence-electron chi connectivity index (χ0n) is 16.0. The van der Waals surface area contributed by atoms with Crippen LogP contribution < -0.4 is 14.8 Å². The number of nitrogens with zero attached hydrogens (tertiary/aromatic N) is 1. The van der Waals surface area contributed by atoms with Gasteiger partial charge in [0.15, 0.2) is 11.5 Å². The lowest BCUT2D eigenvalue weighted by atomic mass is 10.1. The fraction of sp³-hybridized carbons (Fsp3) is 0.300. The van der Waals surface area contributed by atoms with Gasteiger partial charge in [0, 0.05) is 11.3 Å². The lowest BCUT2D eigenvalue weighted by Crippen LogP contribution is -2.26. The van der Waals surface area contributed by atoms with Crippen LogP contribution in [0.15, 0.2) is 41.6 Å². The molecule has 0 aromatic heterocycles. The fourth-order valence-electron chi connectivity index (χ4n) is 2.38. The summed E-state index contributed by atoms with van der Waals surface area (Å²) in [5.41, 5.74) is 3.28. The lowest BCUT2D eigenvalue weighted by molar-refractivity contribution is -0.126. The highest BCUT2D eigenvalue weighted by atomic mass is 19.3. The number of alkyl halides is 2. The summed E-state index contributed by atoms with van der Waals surface area (Å²) in [5, 5.41) is 6.56. The molecule has 2 rings (SSSR count). The predicted octanol–water partition coefficient (Wildman–Crippen LogP) is 4.29. The van der Waals surface area contributed by atoms with Gasteiger partial charge < -0.3 is 19.6 Å². The molecule has 1 N–H and O–H groups in total. The van der Waals surface area contributed by atoms with Gasteiger partial charge in [-0.15, -0.1) is 0 Å². The molecule has 150 valence electrons. The first-order valence-corrected chi connectivity index (χ1v) is 8.50. The molecule has 0 spiro atoms. The lowest BCUT2D eigenvalue weighted by Gasteiger charge is -2.13. The van der Waals surface area contributed by atoms with E-state index in [-0.39, 0.29) is 17.4 Å². The van der Waals surface area contributed by atoms with Crippen molar-refractivity contribution in [2.24, 2.45) is 5.16 Å². The largest absolute Gasteiger partial charge is 0.493 e. The quantitative estimate of drug-likeness (QED) is 0.537. The molecule has 0 saturated heterocycles. The average Bonchev–Trinajstić information content (AvgIpc) is 2.64. The molecule has 2 aromatic carbocycles. The molecule has 1 atom stereocenters. The summed E-state index contributed by atoms with van der Waals surface area (Å²) in [6.45, 7) is 2.49. The summed E-state index contributed by atoms with van der Waals surface area (Å²) in [7, 11) is 1.34. The Labute approximate surface area is 162 Å². The summed E-state index contributed by atoms with van der Waals surface area (Å²) < 4.78 is 34.1. The predicted molar refractivity (Wildman–Crippen MR) is 102 cm³/mol. The molecule has 0 fully saturated rings. The molecule has 0 aliphatic rings. The number of rotatable bonds is 8. The Morgan fingerprint density at radius 2 is 1.89 bits per heavy atom. The number of hydrogen-bond acceptors (Lipinski definition) is 5. The van der Waals surface area contributed by atoms with Crippen LogP contribution in [0.4, 0.5) is 14.5 Å². The maximum atomic E-state index is 12.3. The standard InChI is InChI=1S/C20H22F2N2O4/c1-12-5-7-16(13(2)9-12)24-19(25)14(3)28-23-11-15-6-8-17(27-20(21)22)18(10-15)26-4/h5-11,14,20H,1-4H3,(H,24,25)/b23-11+. The third-order valence-corrected chi connectivity index (χ3v) is 3.83. The number of nitrogens with one attached hydrogen (secondary N) is 1. The van der Waals surface area contributed by atoms with Gasteiger partial charge in [-0.3, -0.25) is 4.79 Å². The minimum absolute atomic E-state index is 0.0863. The molecule has 6 nitrogen and oxygen atoms in total. The van der Waals surface area contributed by atoms with Gasteiger partial charge in [-0.05, 0) is 50.6 Å². The van der Waals surface area contributed by atoms with Crippen molar-refractivity contribution in [3.8, 4) is 11.5 Å². The molecule has 28 heavy (non-hydrogen) atoms. The van der Waals surface area contributed by atoms with E-state index >= 15 is 0 Å². The summed E-state index contributed by atoms with van der Waals surface area (Å²) in [4.78, 5) is 17.4. The van der Waals surface area contributed by atoms with Crippen molar-refractivity contribution < 1.29 is 27.9 Å². The molecule has 8 heteroatoms. The first-order valence-electron chi connectivity index (χ1n) is 8.50. The summed E-state index contributed by atoms with van der Waals surface area (Å²) in [6.07, 6.45) is 0.510. The van der Waals surface area contributed by atoms with E-state index in [1.54, 1.807) is 6.92 Å². The normalized spacial score (nSPS) is 12.1. The van der Waals surface area contributed by atoms with Crippen molar-refractivity contribution in [1.82, 2.24) is 0 Å². The minimum atomic E-state index is -2.95. The van der Waals surface area contributed by atoms with Crippen LogP contribution in [0.25, 0.3) is 0 Å². The molecule has 0 bridgehead atoms. The molecular weight excluding hydrogens is 370 g/mol. The number of methoxy groups -OCH3 is 1. The van der Waals surface area contributed by atoms with Gasteiger partial charge in [0.1, 0.15) is 0 Å². The topological polar surface area (TPSA) is 69.2 Å². The van der Waals surface area contributed by atoms with E-state index in [0.717, 1.165) is 11.1 Å². The third-order valence-electron chi connectivity index (χ3n) is 3.83. The highest BCUT2D eigenvalue weighted by Gasteiger charge is 2.15. The Bertz CT molecular complexity index is 856. The molecule has 1 amide bonds. The van der Waals surface area contributed by atoms with Gasteiger partial charge in [-0.2, -0.15) is 8.78 Å². The van der Waals surface area contributed by atoms with E-state index in [1.165, 1.54) is 31.5 Å². The van der Waals surface area contributed by atoms with Crippen LogP contribution >= 0.6 is 0 Å². The van der Waals surface area contributed by atoms with E-state index in [9.17, 15) is 13.6 Å². The Morgan fingerprint density at radius 3 is 2.54 bits per heavy atom. The van der Waals surface area contributed by atoms with E-state index in [0.29, 0.717) is 11.3 Å². The molecular formula is C20H22F2N2O4. The van der Waals surface area contributed by atoms with Gasteiger partial charge in [0.05, 0.1) is 13.3 Å². The zero-order chi connectivity index (χ0) is 20.7. The number of carbonyl (C=O) groups is 1. The number of hydrogen-bond donors (Lipinski definition) is 1. The van der Waals surface area contributed by atoms with Crippen molar-refractivity contribution in [1.29, 1.82) is 0 Å². The van der Waals surface area contributed by atoms with Crippen LogP contribution in [-0.2, 0) is 9.63 Å². The molecule has 0 radical (unpaired) electrons. The average molecular weight is 392 g/mol. The van der Waals surface area contributed by atoms with Crippen LogP contribution in [0.2, 0.25) is 0 Å². The smallest absolute Gasteiger partial charge is 0.387 e. The Morgan fingerprint density at radius 1 is 1.14 bits per heavy atom. The Hall–Kier alpha value is -3.16. The number of anilines is 1. The third kappa shape index (κ3) is 5.94. The maximum Gasteiger partial charge on any atom is 0.387 e. The SMILES string of the molecule is COc1cc(/C=N/OC(C)C(=O)Nc2ccc(C)cc2C)ccc1OC(F)F. The number of aryl methyl sites for hydroxylation is 2. The number of amides is 1. The van der Waals surface area contributed by atoms with E-state index in [1.807, 2.05) is 32.0 Å². The number of benzene rings is 2. The first kappa shape index (κ1) is 21.1. The van der Waals surface area contributed by atoms with Crippen molar-refractivity contribution >= 4 is 17.8 Å². The van der Waals surface area contributed by atoms with Crippen LogP contribution in [0.1, 0.15) is 23.6 Å². The van der Waals surface area contributed by atoms with E-state index in [2.05, 4.69) is 15.2 Å². The van der Waals surface area contributed by atoms with E-state index in [4.69, 9.17) is 9.57 Å². The number of ether oxygens (including phenoxy) is 2. The number of halogens is 2. The van der Waals surface area contributed by atoms with Crippen molar-refractivity contribution in [2.45, 2.75) is 33.5 Å². The van der Waals surface area contributed by atoms with Crippen LogP contribution in [-0.4, -0.2) is 31.9 Å². The summed E-state index contributed by atoms with van der Waals surface area (Å²) in [6, 6.07) is 10.0. The molecule has 2 aromatic rings. The summed E-state index contributed by atoms with van der Waals surface area (Å²) in [5.74, 6) is -0.302. The Balaban J connectivity index is 1.96. The van der Waals surface area contributed by atoms with Gasteiger partial charge >= 0.3 is 6.61 Å². The fourth-order valence-corrected chi connectivity index (χ4v) is 2.38. The second-order valence-corrected chi connectivity index (χ2v) is 6.08. The molecule has 1 unspecified atom stereocenters.